The van der Waals surface area contributed by atoms with E-state index in [-0.39, 0.29) is 18.2 Å². The molecule has 1 fully saturated rings. The van der Waals surface area contributed by atoms with Crippen molar-refractivity contribution in [1.29, 1.82) is 0 Å². The number of nitrogens with one attached hydrogen (secondary N) is 1. The molecule has 0 radical (unpaired) electrons. The Bertz CT molecular complexity index is 1490. The lowest BCUT2D eigenvalue weighted by Crippen LogP contribution is -2.28. The molecule has 3 aromatic rings. The van der Waals surface area contributed by atoms with Crippen molar-refractivity contribution in [2.24, 2.45) is 10.9 Å². The SMILES string of the molecule is Cc1cc(NC(=O)C2CC(=O)N(c3ccccc3)C2)ccc1Oc1ccnc(/C=C2\C=CN(C(C)C)C=N2)c1C. The molecule has 1 saturated heterocycles. The molecule has 204 valence electrons. The van der Waals surface area contributed by atoms with Gasteiger partial charge in [0.1, 0.15) is 11.5 Å². The van der Waals surface area contributed by atoms with Crippen molar-refractivity contribution in [3.05, 3.63) is 95.6 Å². The third-order valence-electron chi connectivity index (χ3n) is 7.06. The van der Waals surface area contributed by atoms with Crippen LogP contribution >= 0.6 is 0 Å². The highest BCUT2D eigenvalue weighted by Crippen LogP contribution is 2.32. The predicted octanol–water partition coefficient (Wildman–Crippen LogP) is 6.09. The molecule has 3 heterocycles. The fourth-order valence-corrected chi connectivity index (χ4v) is 4.64. The third kappa shape index (κ3) is 5.96. The Balaban J connectivity index is 1.24. The molecule has 8 nitrogen and oxygen atoms in total. The molecule has 1 N–H and O–H groups in total. The number of nitrogens with zero attached hydrogens (tertiary/aromatic N) is 4. The van der Waals surface area contributed by atoms with E-state index in [2.05, 4.69) is 29.1 Å². The van der Waals surface area contributed by atoms with Gasteiger partial charge in [-0.15, -0.1) is 0 Å². The average molecular weight is 536 g/mol. The standard InChI is InChI=1S/C32H33N5O3/c1-21(2)36-15-13-25(34-20-36)18-28-23(4)30(12-14-33-28)40-29-11-10-26(16-22(29)3)35-32(39)24-17-31(38)37(19-24)27-8-6-5-7-9-27/h5-16,18,20-21,24H,17,19H2,1-4H3,(H,35,39)/b25-18+. The summed E-state index contributed by atoms with van der Waals surface area (Å²) < 4.78 is 6.26. The summed E-state index contributed by atoms with van der Waals surface area (Å²) in [5.74, 6) is 0.754. The zero-order valence-corrected chi connectivity index (χ0v) is 23.2. The van der Waals surface area contributed by atoms with Crippen LogP contribution in [0.1, 0.15) is 37.1 Å². The lowest BCUT2D eigenvalue weighted by Gasteiger charge is -2.21. The normalized spacial score (nSPS) is 17.7. The summed E-state index contributed by atoms with van der Waals surface area (Å²) >= 11 is 0. The molecular weight excluding hydrogens is 502 g/mol. The molecule has 2 aliphatic rings. The molecule has 0 spiro atoms. The number of hydrogen-bond acceptors (Lipinski definition) is 6. The summed E-state index contributed by atoms with van der Waals surface area (Å²) in [6.45, 7) is 8.49. The summed E-state index contributed by atoms with van der Waals surface area (Å²) in [5, 5.41) is 2.97. The van der Waals surface area contributed by atoms with Crippen LogP contribution in [-0.4, -0.2) is 40.6 Å². The maximum absolute atomic E-state index is 13.0. The monoisotopic (exact) mass is 535 g/mol. The van der Waals surface area contributed by atoms with Gasteiger partial charge in [-0.1, -0.05) is 18.2 Å². The molecule has 2 amide bonds. The third-order valence-corrected chi connectivity index (χ3v) is 7.06. The predicted molar refractivity (Wildman–Crippen MR) is 158 cm³/mol. The van der Waals surface area contributed by atoms with E-state index in [0.29, 0.717) is 29.8 Å². The van der Waals surface area contributed by atoms with Crippen molar-refractivity contribution in [1.82, 2.24) is 9.88 Å². The number of amides is 2. The number of aliphatic imine (C=N–C) groups is 1. The molecule has 2 aromatic carbocycles. The average Bonchev–Trinajstić information content (AvgIpc) is 3.35. The van der Waals surface area contributed by atoms with E-state index in [1.807, 2.05) is 98.0 Å². The van der Waals surface area contributed by atoms with E-state index in [4.69, 9.17) is 4.74 Å². The second kappa shape index (κ2) is 11.6. The molecular formula is C32H33N5O3. The Labute approximate surface area is 234 Å². The Kier molecular flexibility index (Phi) is 7.77. The van der Waals surface area contributed by atoms with Crippen LogP contribution in [0.3, 0.4) is 0 Å². The number of hydrogen-bond donors (Lipinski definition) is 1. The molecule has 0 aliphatic carbocycles. The van der Waals surface area contributed by atoms with Gasteiger partial charge in [0, 0.05) is 48.3 Å². The van der Waals surface area contributed by atoms with Crippen LogP contribution in [0.25, 0.3) is 6.08 Å². The van der Waals surface area contributed by atoms with Gasteiger partial charge >= 0.3 is 0 Å². The minimum Gasteiger partial charge on any atom is -0.457 e. The molecule has 5 rings (SSSR count). The molecule has 0 saturated carbocycles. The first-order valence-electron chi connectivity index (χ1n) is 13.4. The van der Waals surface area contributed by atoms with Gasteiger partial charge in [-0.2, -0.15) is 0 Å². The fourth-order valence-electron chi connectivity index (χ4n) is 4.64. The van der Waals surface area contributed by atoms with Crippen molar-refractivity contribution >= 4 is 35.6 Å². The summed E-state index contributed by atoms with van der Waals surface area (Å²) in [4.78, 5) is 38.2. The van der Waals surface area contributed by atoms with Crippen molar-refractivity contribution in [3.63, 3.8) is 0 Å². The van der Waals surface area contributed by atoms with Gasteiger partial charge in [0.05, 0.1) is 23.6 Å². The minimum atomic E-state index is -0.410. The van der Waals surface area contributed by atoms with Crippen LogP contribution in [0, 0.1) is 19.8 Å². The molecule has 0 bridgehead atoms. The molecule has 1 aromatic heterocycles. The van der Waals surface area contributed by atoms with Crippen LogP contribution in [0.15, 0.2) is 83.8 Å². The van der Waals surface area contributed by atoms with E-state index in [1.165, 1.54) is 0 Å². The lowest BCUT2D eigenvalue weighted by molar-refractivity contribution is -0.122. The van der Waals surface area contributed by atoms with Crippen molar-refractivity contribution in [2.75, 3.05) is 16.8 Å². The fraction of sp³-hybridized carbons (Fsp3) is 0.250. The van der Waals surface area contributed by atoms with Gasteiger partial charge in [0.25, 0.3) is 0 Å². The number of anilines is 2. The molecule has 1 atom stereocenters. The largest absolute Gasteiger partial charge is 0.457 e. The number of ether oxygens (including phenoxy) is 1. The maximum Gasteiger partial charge on any atom is 0.229 e. The van der Waals surface area contributed by atoms with Crippen LogP contribution in [0.2, 0.25) is 0 Å². The van der Waals surface area contributed by atoms with Gasteiger partial charge in [0.15, 0.2) is 0 Å². The van der Waals surface area contributed by atoms with Gasteiger partial charge in [0.2, 0.25) is 11.8 Å². The van der Waals surface area contributed by atoms with Gasteiger partial charge in [-0.05, 0) is 81.8 Å². The second-order valence-corrected chi connectivity index (χ2v) is 10.3. The topological polar surface area (TPSA) is 87.1 Å². The van der Waals surface area contributed by atoms with E-state index < -0.39 is 5.92 Å². The zero-order valence-electron chi connectivity index (χ0n) is 23.2. The number of allylic oxidation sites excluding steroid dienone is 1. The van der Waals surface area contributed by atoms with Crippen LogP contribution < -0.4 is 15.0 Å². The van der Waals surface area contributed by atoms with Crippen LogP contribution in [-0.2, 0) is 9.59 Å². The number of aromatic nitrogens is 1. The number of carbonyl (C=O) groups excluding carboxylic acids is 2. The number of benzene rings is 2. The minimum absolute atomic E-state index is 0.0437. The number of para-hydroxylation sites is 1. The van der Waals surface area contributed by atoms with Gasteiger partial charge in [-0.25, -0.2) is 4.99 Å². The van der Waals surface area contributed by atoms with Crippen molar-refractivity contribution in [3.8, 4) is 11.5 Å². The smallest absolute Gasteiger partial charge is 0.229 e. The molecule has 2 aliphatic heterocycles. The summed E-state index contributed by atoms with van der Waals surface area (Å²) in [6.07, 6.45) is 9.64. The zero-order chi connectivity index (χ0) is 28.2. The van der Waals surface area contributed by atoms with Crippen LogP contribution in [0.5, 0.6) is 11.5 Å². The Morgan fingerprint density at radius 2 is 1.90 bits per heavy atom. The second-order valence-electron chi connectivity index (χ2n) is 10.3. The number of aryl methyl sites for hydroxylation is 1. The highest BCUT2D eigenvalue weighted by Gasteiger charge is 2.35. The summed E-state index contributed by atoms with van der Waals surface area (Å²) in [6, 6.07) is 17.1. The van der Waals surface area contributed by atoms with Gasteiger partial charge in [-0.3, -0.25) is 14.6 Å². The maximum atomic E-state index is 13.0. The van der Waals surface area contributed by atoms with Crippen molar-refractivity contribution < 1.29 is 14.3 Å². The molecule has 1 unspecified atom stereocenters. The number of pyridine rings is 1. The number of rotatable bonds is 7. The Morgan fingerprint density at radius 1 is 1.10 bits per heavy atom. The van der Waals surface area contributed by atoms with E-state index in [9.17, 15) is 9.59 Å². The molecule has 40 heavy (non-hydrogen) atoms. The Hall–Kier alpha value is -4.72. The first-order chi connectivity index (χ1) is 19.3. The number of carbonyl (C=O) groups is 2. The van der Waals surface area contributed by atoms with E-state index in [0.717, 1.165) is 28.2 Å². The highest BCUT2D eigenvalue weighted by atomic mass is 16.5. The summed E-state index contributed by atoms with van der Waals surface area (Å²) in [7, 11) is 0. The first-order valence-corrected chi connectivity index (χ1v) is 13.4. The Morgan fingerprint density at radius 3 is 2.60 bits per heavy atom. The first kappa shape index (κ1) is 26.9. The molecule has 8 heteroatoms. The van der Waals surface area contributed by atoms with Crippen LogP contribution in [0.4, 0.5) is 11.4 Å². The quantitative estimate of drug-likeness (QED) is 0.396. The highest BCUT2D eigenvalue weighted by molar-refractivity contribution is 6.03. The summed E-state index contributed by atoms with van der Waals surface area (Å²) in [5.41, 5.74) is 4.84. The van der Waals surface area contributed by atoms with Gasteiger partial charge < -0.3 is 19.9 Å². The lowest BCUT2D eigenvalue weighted by atomic mass is 10.1. The van der Waals surface area contributed by atoms with E-state index >= 15 is 0 Å². The van der Waals surface area contributed by atoms with E-state index in [1.54, 1.807) is 11.1 Å². The van der Waals surface area contributed by atoms with Crippen molar-refractivity contribution in [2.45, 2.75) is 40.2 Å².